The summed E-state index contributed by atoms with van der Waals surface area (Å²) in [5.74, 6) is -0.642. The van der Waals surface area contributed by atoms with Gasteiger partial charge in [0, 0.05) is 54.2 Å². The molecule has 1 saturated heterocycles. The summed E-state index contributed by atoms with van der Waals surface area (Å²) in [4.78, 5) is 26.8. The van der Waals surface area contributed by atoms with Gasteiger partial charge in [0.1, 0.15) is 11.5 Å². The first kappa shape index (κ1) is 25.6. The van der Waals surface area contributed by atoms with Crippen LogP contribution in [0, 0.1) is 0 Å². The number of carbonyl (C=O) groups is 2. The van der Waals surface area contributed by atoms with Gasteiger partial charge in [0.05, 0.1) is 14.2 Å². The van der Waals surface area contributed by atoms with Crippen LogP contribution in [0.3, 0.4) is 0 Å². The number of hydrogen-bond acceptors (Lipinski definition) is 7. The Hall–Kier alpha value is -3.01. The molecule has 2 N–H and O–H groups in total. The van der Waals surface area contributed by atoms with Crippen molar-refractivity contribution >= 4 is 23.7 Å². The summed E-state index contributed by atoms with van der Waals surface area (Å²) < 4.78 is 11.0. The molecule has 1 atom stereocenters. The zero-order valence-electron chi connectivity index (χ0n) is 19.6. The number of rotatable bonds is 5. The average molecular weight is 487 g/mol. The number of aliphatic carboxylic acids is 2. The third kappa shape index (κ3) is 6.75. The maximum atomic E-state index is 9.55. The van der Waals surface area contributed by atoms with Crippen LogP contribution in [0.5, 0.6) is 11.5 Å². The van der Waals surface area contributed by atoms with Gasteiger partial charge in [0.2, 0.25) is 0 Å². The lowest BCUT2D eigenvalue weighted by Crippen LogP contribution is -2.46. The van der Waals surface area contributed by atoms with Crippen LogP contribution in [-0.2, 0) is 16.0 Å². The summed E-state index contributed by atoms with van der Waals surface area (Å²) in [5.41, 5.74) is 2.75. The highest BCUT2D eigenvalue weighted by Gasteiger charge is 2.30. The summed E-state index contributed by atoms with van der Waals surface area (Å²) in [6.07, 6.45) is 2.12. The standard InChI is InChI=1S/C21H26N2O2S.C4H4O4/c1-22-8-10-23(11-9-22)19-13-15-12-16(24-2)4-6-20(15)26-21-7-5-17(25-3)14-18(19)21;5-3(6)1-2-4(7)8/h4-7,12,14,19H,8-11,13H2,1-3H3;1-2H,(H,5,6)(H,7,8)/b;2-1+. The highest BCUT2D eigenvalue weighted by atomic mass is 32.2. The molecule has 2 aromatic rings. The molecule has 0 amide bonds. The molecule has 1 unspecified atom stereocenters. The zero-order chi connectivity index (χ0) is 24.7. The molecule has 34 heavy (non-hydrogen) atoms. The first-order chi connectivity index (χ1) is 16.3. The van der Waals surface area contributed by atoms with Gasteiger partial charge in [0.25, 0.3) is 0 Å². The van der Waals surface area contributed by atoms with Gasteiger partial charge in [0.15, 0.2) is 0 Å². The SMILES string of the molecule is COc1ccc2c(c1)CC(N1CCN(C)CC1)c1cc(OC)ccc1S2.O=C(O)/C=C/C(=O)O. The van der Waals surface area contributed by atoms with Gasteiger partial charge >= 0.3 is 11.9 Å². The maximum absolute atomic E-state index is 9.55. The van der Waals surface area contributed by atoms with E-state index in [1.165, 1.54) is 20.9 Å². The van der Waals surface area contributed by atoms with E-state index in [-0.39, 0.29) is 0 Å². The number of carboxylic acid groups (broad SMARTS) is 2. The van der Waals surface area contributed by atoms with Crippen LogP contribution in [0.1, 0.15) is 17.2 Å². The lowest BCUT2D eigenvalue weighted by atomic mass is 9.96. The second-order valence-electron chi connectivity index (χ2n) is 8.05. The Morgan fingerprint density at radius 3 is 2.03 bits per heavy atom. The molecule has 2 aliphatic heterocycles. The van der Waals surface area contributed by atoms with Gasteiger partial charge < -0.3 is 24.6 Å². The van der Waals surface area contributed by atoms with Crippen LogP contribution >= 0.6 is 11.8 Å². The fourth-order valence-corrected chi connectivity index (χ4v) is 5.08. The smallest absolute Gasteiger partial charge is 0.328 e. The van der Waals surface area contributed by atoms with Gasteiger partial charge in [-0.05, 0) is 61.0 Å². The molecule has 2 heterocycles. The van der Waals surface area contributed by atoms with E-state index >= 15 is 0 Å². The molecular formula is C25H30N2O6S. The van der Waals surface area contributed by atoms with Crippen molar-refractivity contribution in [1.29, 1.82) is 0 Å². The minimum atomic E-state index is -1.26. The van der Waals surface area contributed by atoms with E-state index in [0.717, 1.165) is 44.1 Å². The van der Waals surface area contributed by atoms with Crippen LogP contribution in [0.4, 0.5) is 0 Å². The first-order valence-corrected chi connectivity index (χ1v) is 11.7. The number of likely N-dealkylation sites (N-methyl/N-ethyl adjacent to an activating group) is 1. The van der Waals surface area contributed by atoms with Crippen molar-refractivity contribution in [3.05, 3.63) is 59.7 Å². The highest BCUT2D eigenvalue weighted by molar-refractivity contribution is 7.99. The number of benzene rings is 2. The van der Waals surface area contributed by atoms with Crippen LogP contribution in [0.15, 0.2) is 58.3 Å². The Morgan fingerprint density at radius 2 is 1.47 bits per heavy atom. The average Bonchev–Trinajstić information content (AvgIpc) is 2.99. The van der Waals surface area contributed by atoms with E-state index in [9.17, 15) is 9.59 Å². The number of ether oxygens (including phenoxy) is 2. The fraction of sp³-hybridized carbons (Fsp3) is 0.360. The summed E-state index contributed by atoms with van der Waals surface area (Å²) in [7, 11) is 5.69. The molecular weight excluding hydrogens is 456 g/mol. The van der Waals surface area contributed by atoms with Crippen LogP contribution in [0.25, 0.3) is 0 Å². The predicted octanol–water partition coefficient (Wildman–Crippen LogP) is 3.41. The topological polar surface area (TPSA) is 99.5 Å². The zero-order valence-corrected chi connectivity index (χ0v) is 20.4. The highest BCUT2D eigenvalue weighted by Crippen LogP contribution is 2.45. The quantitative estimate of drug-likeness (QED) is 0.616. The number of piperazine rings is 1. The van der Waals surface area contributed by atoms with E-state index in [1.54, 1.807) is 14.2 Å². The molecule has 4 rings (SSSR count). The number of hydrogen-bond donors (Lipinski definition) is 2. The van der Waals surface area contributed by atoms with E-state index in [2.05, 4.69) is 53.2 Å². The fourth-order valence-electron chi connectivity index (χ4n) is 3.99. The van der Waals surface area contributed by atoms with Crippen molar-refractivity contribution in [3.63, 3.8) is 0 Å². The molecule has 1 fully saturated rings. The normalized spacial score (nSPS) is 18.1. The Morgan fingerprint density at radius 1 is 0.912 bits per heavy atom. The molecule has 0 bridgehead atoms. The number of fused-ring (bicyclic) bond motifs is 2. The largest absolute Gasteiger partial charge is 0.497 e. The maximum Gasteiger partial charge on any atom is 0.328 e. The van der Waals surface area contributed by atoms with Crippen LogP contribution in [-0.4, -0.2) is 79.4 Å². The first-order valence-electron chi connectivity index (χ1n) is 10.9. The van der Waals surface area contributed by atoms with Gasteiger partial charge in [-0.15, -0.1) is 0 Å². The monoisotopic (exact) mass is 486 g/mol. The number of nitrogens with zero attached hydrogens (tertiary/aromatic N) is 2. The summed E-state index contributed by atoms with van der Waals surface area (Å²) in [6, 6.07) is 13.3. The molecule has 2 aliphatic rings. The summed E-state index contributed by atoms with van der Waals surface area (Å²) >= 11 is 1.86. The molecule has 9 heteroatoms. The van der Waals surface area contributed by atoms with Crippen molar-refractivity contribution in [2.45, 2.75) is 22.3 Å². The van der Waals surface area contributed by atoms with Crippen molar-refractivity contribution < 1.29 is 29.3 Å². The molecule has 8 nitrogen and oxygen atoms in total. The molecule has 0 aliphatic carbocycles. The molecule has 0 aromatic heterocycles. The molecule has 2 aromatic carbocycles. The Balaban J connectivity index is 0.000000350. The lowest BCUT2D eigenvalue weighted by molar-refractivity contribution is -0.134. The third-order valence-corrected chi connectivity index (χ3v) is 7.03. The second-order valence-corrected chi connectivity index (χ2v) is 9.13. The molecule has 0 saturated carbocycles. The lowest BCUT2D eigenvalue weighted by Gasteiger charge is -2.38. The minimum absolute atomic E-state index is 0.370. The van der Waals surface area contributed by atoms with Crippen LogP contribution in [0.2, 0.25) is 0 Å². The minimum Gasteiger partial charge on any atom is -0.497 e. The Labute approximate surface area is 203 Å². The molecule has 0 radical (unpaired) electrons. The van der Waals surface area contributed by atoms with E-state index in [1.807, 2.05) is 11.8 Å². The van der Waals surface area contributed by atoms with Crippen molar-refractivity contribution in [2.24, 2.45) is 0 Å². The van der Waals surface area contributed by atoms with Gasteiger partial charge in [-0.25, -0.2) is 9.59 Å². The summed E-state index contributed by atoms with van der Waals surface area (Å²) in [6.45, 7) is 4.44. The number of carboxylic acids is 2. The Kier molecular flexibility index (Phi) is 8.98. The molecule has 0 spiro atoms. The van der Waals surface area contributed by atoms with Crippen LogP contribution < -0.4 is 9.47 Å². The van der Waals surface area contributed by atoms with Crippen molar-refractivity contribution in [3.8, 4) is 11.5 Å². The number of methoxy groups -OCH3 is 2. The van der Waals surface area contributed by atoms with E-state index in [0.29, 0.717) is 18.2 Å². The van der Waals surface area contributed by atoms with Crippen molar-refractivity contribution in [1.82, 2.24) is 9.80 Å². The predicted molar refractivity (Wildman–Crippen MR) is 130 cm³/mol. The van der Waals surface area contributed by atoms with Gasteiger partial charge in [-0.1, -0.05) is 11.8 Å². The van der Waals surface area contributed by atoms with E-state index in [4.69, 9.17) is 19.7 Å². The van der Waals surface area contributed by atoms with Crippen molar-refractivity contribution in [2.75, 3.05) is 47.4 Å². The second kappa shape index (κ2) is 11.9. The van der Waals surface area contributed by atoms with E-state index < -0.39 is 11.9 Å². The van der Waals surface area contributed by atoms with Gasteiger partial charge in [-0.3, -0.25) is 4.90 Å². The Bertz CT molecular complexity index is 1030. The third-order valence-electron chi connectivity index (χ3n) is 5.82. The molecule has 182 valence electrons. The summed E-state index contributed by atoms with van der Waals surface area (Å²) in [5, 5.41) is 15.6. The van der Waals surface area contributed by atoms with Gasteiger partial charge in [-0.2, -0.15) is 0 Å².